The van der Waals surface area contributed by atoms with Crippen molar-refractivity contribution in [1.82, 2.24) is 10.3 Å². The first-order valence-electron chi connectivity index (χ1n) is 5.30. The Kier molecular flexibility index (Phi) is 4.86. The van der Waals surface area contributed by atoms with Crippen LogP contribution in [-0.4, -0.2) is 33.8 Å². The fourth-order valence-electron chi connectivity index (χ4n) is 1.40. The number of hydrogen-bond acceptors (Lipinski definition) is 4. The molecule has 2 unspecified atom stereocenters. The summed E-state index contributed by atoms with van der Waals surface area (Å²) in [5, 5.41) is 21.9. The van der Waals surface area contributed by atoms with E-state index in [1.807, 2.05) is 0 Å². The van der Waals surface area contributed by atoms with Crippen molar-refractivity contribution < 1.29 is 15.0 Å². The highest BCUT2D eigenvalue weighted by molar-refractivity contribution is 5.72. The fraction of sp³-hybridized carbons (Fsp3) is 0.455. The van der Waals surface area contributed by atoms with Crippen LogP contribution in [0.3, 0.4) is 0 Å². The van der Waals surface area contributed by atoms with Crippen LogP contribution in [0.15, 0.2) is 23.1 Å². The quantitative estimate of drug-likeness (QED) is 0.546. The predicted molar refractivity (Wildman–Crippen MR) is 61.3 cm³/mol. The molecule has 0 spiro atoms. The van der Waals surface area contributed by atoms with Gasteiger partial charge in [-0.3, -0.25) is 9.59 Å². The number of aromatic nitrogens is 1. The Morgan fingerprint density at radius 3 is 2.82 bits per heavy atom. The summed E-state index contributed by atoms with van der Waals surface area (Å²) in [7, 11) is 0. The maximum Gasteiger partial charge on any atom is 0.216 e. The average molecular weight is 240 g/mol. The lowest BCUT2D eigenvalue weighted by Crippen LogP contribution is -2.28. The minimum Gasteiger partial charge on any atom is -0.390 e. The SMILES string of the molecule is CC(=O)NCCC(O)C(O)c1cc(=O)cc[nH]1. The molecule has 1 heterocycles. The Bertz CT molecular complexity index is 429. The second kappa shape index (κ2) is 6.17. The summed E-state index contributed by atoms with van der Waals surface area (Å²) in [5.74, 6) is -0.195. The standard InChI is InChI=1S/C11H16N2O4/c1-7(14)12-5-3-10(16)11(17)9-6-8(15)2-4-13-9/h2,4,6,10-11,16-17H,3,5H2,1H3,(H,12,14)(H,13,15). The molecule has 0 fully saturated rings. The van der Waals surface area contributed by atoms with Crippen LogP contribution in [0.1, 0.15) is 25.1 Å². The zero-order valence-electron chi connectivity index (χ0n) is 9.51. The van der Waals surface area contributed by atoms with Gasteiger partial charge in [-0.05, 0) is 6.42 Å². The van der Waals surface area contributed by atoms with E-state index >= 15 is 0 Å². The van der Waals surface area contributed by atoms with E-state index in [-0.39, 0.29) is 30.0 Å². The molecule has 0 aromatic carbocycles. The summed E-state index contributed by atoms with van der Waals surface area (Å²) in [6, 6.07) is 2.55. The molecule has 0 saturated carbocycles. The first kappa shape index (κ1) is 13.4. The highest BCUT2D eigenvalue weighted by atomic mass is 16.3. The van der Waals surface area contributed by atoms with Gasteiger partial charge in [0.15, 0.2) is 5.43 Å². The van der Waals surface area contributed by atoms with E-state index in [1.54, 1.807) is 0 Å². The molecule has 0 aliphatic heterocycles. The molecule has 4 N–H and O–H groups in total. The number of H-pyrrole nitrogens is 1. The lowest BCUT2D eigenvalue weighted by Gasteiger charge is -2.17. The Hall–Kier alpha value is -1.66. The normalized spacial score (nSPS) is 14.1. The van der Waals surface area contributed by atoms with Crippen molar-refractivity contribution >= 4 is 5.91 Å². The van der Waals surface area contributed by atoms with Gasteiger partial charge in [0.05, 0.1) is 11.8 Å². The zero-order valence-corrected chi connectivity index (χ0v) is 9.51. The van der Waals surface area contributed by atoms with Crippen molar-refractivity contribution in [3.63, 3.8) is 0 Å². The van der Waals surface area contributed by atoms with E-state index in [2.05, 4.69) is 10.3 Å². The first-order chi connectivity index (χ1) is 8.00. The Labute approximate surface area is 98.3 Å². The molecule has 0 bridgehead atoms. The van der Waals surface area contributed by atoms with Crippen molar-refractivity contribution in [2.24, 2.45) is 0 Å². The number of amides is 1. The van der Waals surface area contributed by atoms with Gasteiger partial charge in [0.25, 0.3) is 0 Å². The van der Waals surface area contributed by atoms with Crippen LogP contribution in [0.25, 0.3) is 0 Å². The molecular weight excluding hydrogens is 224 g/mol. The van der Waals surface area contributed by atoms with Gasteiger partial charge in [-0.25, -0.2) is 0 Å². The smallest absolute Gasteiger partial charge is 0.216 e. The molecule has 2 atom stereocenters. The minimum absolute atomic E-state index is 0.195. The molecule has 94 valence electrons. The number of pyridine rings is 1. The number of aromatic amines is 1. The van der Waals surface area contributed by atoms with Crippen molar-refractivity contribution in [2.45, 2.75) is 25.6 Å². The van der Waals surface area contributed by atoms with E-state index < -0.39 is 12.2 Å². The largest absolute Gasteiger partial charge is 0.390 e. The number of aliphatic hydroxyl groups is 2. The number of nitrogens with one attached hydrogen (secondary N) is 2. The van der Waals surface area contributed by atoms with Crippen LogP contribution in [0.5, 0.6) is 0 Å². The summed E-state index contributed by atoms with van der Waals surface area (Å²) < 4.78 is 0. The van der Waals surface area contributed by atoms with Crippen molar-refractivity contribution in [1.29, 1.82) is 0 Å². The van der Waals surface area contributed by atoms with Gasteiger partial charge in [-0.2, -0.15) is 0 Å². The van der Waals surface area contributed by atoms with E-state index in [0.29, 0.717) is 0 Å². The van der Waals surface area contributed by atoms with Crippen molar-refractivity contribution in [3.8, 4) is 0 Å². The monoisotopic (exact) mass is 240 g/mol. The van der Waals surface area contributed by atoms with Crippen LogP contribution < -0.4 is 10.7 Å². The molecule has 6 heteroatoms. The fourth-order valence-corrected chi connectivity index (χ4v) is 1.40. The summed E-state index contributed by atoms with van der Waals surface area (Å²) in [5.41, 5.74) is 0.0136. The van der Waals surface area contributed by atoms with Gasteiger partial charge in [-0.15, -0.1) is 0 Å². The Morgan fingerprint density at radius 1 is 1.53 bits per heavy atom. The van der Waals surface area contributed by atoms with E-state index in [9.17, 15) is 19.8 Å². The molecule has 1 aromatic rings. The third-order valence-electron chi connectivity index (χ3n) is 2.29. The molecule has 6 nitrogen and oxygen atoms in total. The molecule has 1 rings (SSSR count). The van der Waals surface area contributed by atoms with Crippen LogP contribution >= 0.6 is 0 Å². The topological polar surface area (TPSA) is 102 Å². The molecule has 1 amide bonds. The molecule has 0 saturated heterocycles. The van der Waals surface area contributed by atoms with Crippen molar-refractivity contribution in [3.05, 3.63) is 34.2 Å². The average Bonchev–Trinajstić information content (AvgIpc) is 2.27. The zero-order chi connectivity index (χ0) is 12.8. The highest BCUT2D eigenvalue weighted by Gasteiger charge is 2.18. The summed E-state index contributed by atoms with van der Waals surface area (Å²) >= 11 is 0. The highest BCUT2D eigenvalue weighted by Crippen LogP contribution is 2.14. The van der Waals surface area contributed by atoms with Crippen LogP contribution in [0.4, 0.5) is 0 Å². The van der Waals surface area contributed by atoms with Crippen LogP contribution in [0.2, 0.25) is 0 Å². The van der Waals surface area contributed by atoms with Gasteiger partial charge in [0.1, 0.15) is 6.10 Å². The van der Waals surface area contributed by atoms with E-state index in [0.717, 1.165) is 0 Å². The van der Waals surface area contributed by atoms with Crippen molar-refractivity contribution in [2.75, 3.05) is 6.54 Å². The molecule has 0 radical (unpaired) electrons. The maximum absolute atomic E-state index is 11.1. The summed E-state index contributed by atoms with van der Waals surface area (Å²) in [6.45, 7) is 1.64. The second-order valence-electron chi connectivity index (χ2n) is 3.76. The first-order valence-corrected chi connectivity index (χ1v) is 5.30. The molecule has 17 heavy (non-hydrogen) atoms. The number of carbonyl (C=O) groups is 1. The van der Waals surface area contributed by atoms with Gasteiger partial charge < -0.3 is 20.5 Å². The molecular formula is C11H16N2O4. The van der Waals surface area contributed by atoms with E-state index in [4.69, 9.17) is 0 Å². The molecule has 0 aliphatic carbocycles. The lowest BCUT2D eigenvalue weighted by atomic mass is 10.1. The summed E-state index contributed by atoms with van der Waals surface area (Å²) in [6.07, 6.45) is -0.600. The number of carbonyl (C=O) groups excluding carboxylic acids is 1. The maximum atomic E-state index is 11.1. The Morgan fingerprint density at radius 2 is 2.24 bits per heavy atom. The second-order valence-corrected chi connectivity index (χ2v) is 3.76. The molecule has 0 aliphatic rings. The lowest BCUT2D eigenvalue weighted by molar-refractivity contribution is -0.119. The number of aliphatic hydroxyl groups excluding tert-OH is 2. The summed E-state index contributed by atoms with van der Waals surface area (Å²) in [4.78, 5) is 24.3. The van der Waals surface area contributed by atoms with Gasteiger partial charge in [0, 0.05) is 31.8 Å². The Balaban J connectivity index is 2.54. The van der Waals surface area contributed by atoms with Gasteiger partial charge in [-0.1, -0.05) is 0 Å². The van der Waals surface area contributed by atoms with Crippen LogP contribution in [-0.2, 0) is 4.79 Å². The number of rotatable bonds is 5. The van der Waals surface area contributed by atoms with E-state index in [1.165, 1.54) is 25.3 Å². The predicted octanol–water partition coefficient (Wildman–Crippen LogP) is -0.705. The van der Waals surface area contributed by atoms with Crippen LogP contribution in [0, 0.1) is 0 Å². The third-order valence-corrected chi connectivity index (χ3v) is 2.29. The third kappa shape index (κ3) is 4.38. The van der Waals surface area contributed by atoms with Gasteiger partial charge in [0.2, 0.25) is 5.91 Å². The minimum atomic E-state index is -1.17. The molecule has 1 aromatic heterocycles. The number of hydrogen-bond donors (Lipinski definition) is 4. The van der Waals surface area contributed by atoms with Gasteiger partial charge >= 0.3 is 0 Å².